The molecule has 29 heavy (non-hydrogen) atoms. The van der Waals surface area contributed by atoms with Gasteiger partial charge in [-0.2, -0.15) is 8.42 Å². The molecule has 2 aromatic carbocycles. The van der Waals surface area contributed by atoms with E-state index in [1.54, 1.807) is 12.1 Å². The van der Waals surface area contributed by atoms with Gasteiger partial charge in [0, 0.05) is 12.1 Å². The molecule has 0 radical (unpaired) electrons. The number of anilines is 1. The van der Waals surface area contributed by atoms with Gasteiger partial charge in [0.2, 0.25) is 0 Å². The lowest BCUT2D eigenvalue weighted by molar-refractivity contribution is -0.114. The summed E-state index contributed by atoms with van der Waals surface area (Å²) < 4.78 is 36.5. The van der Waals surface area contributed by atoms with Gasteiger partial charge in [-0.3, -0.25) is 9.73 Å². The van der Waals surface area contributed by atoms with Crippen molar-refractivity contribution in [1.82, 2.24) is 0 Å². The fourth-order valence-electron chi connectivity index (χ4n) is 2.23. The van der Waals surface area contributed by atoms with Crippen molar-refractivity contribution in [3.8, 4) is 11.5 Å². The summed E-state index contributed by atoms with van der Waals surface area (Å²) in [6.45, 7) is 0. The van der Waals surface area contributed by atoms with Crippen LogP contribution < -0.4 is 25.6 Å². The zero-order valence-corrected chi connectivity index (χ0v) is 16.4. The summed E-state index contributed by atoms with van der Waals surface area (Å²) in [5.41, 5.74) is 0.808. The topological polar surface area (TPSA) is 159 Å². The molecule has 154 valence electrons. The van der Waals surface area contributed by atoms with Crippen LogP contribution in [0.4, 0.5) is 5.69 Å². The molecule has 0 aromatic heterocycles. The highest BCUT2D eigenvalue weighted by molar-refractivity contribution is 7.92. The molecule has 0 unspecified atom stereocenters. The lowest BCUT2D eigenvalue weighted by atomic mass is 10.2. The van der Waals surface area contributed by atoms with E-state index in [-0.39, 0.29) is 16.3 Å². The number of nitrogens with zero attached hydrogens (tertiary/aromatic N) is 3. The Morgan fingerprint density at radius 3 is 2.31 bits per heavy atom. The van der Waals surface area contributed by atoms with Crippen LogP contribution in [0.5, 0.6) is 11.5 Å². The van der Waals surface area contributed by atoms with E-state index < -0.39 is 15.9 Å². The normalized spacial score (nSPS) is 11.6. The highest BCUT2D eigenvalue weighted by Gasteiger charge is 2.23. The molecule has 0 saturated carbocycles. The van der Waals surface area contributed by atoms with E-state index in [1.165, 1.54) is 50.6 Å². The third-order valence-electron chi connectivity index (χ3n) is 3.66. The first-order valence-electron chi connectivity index (χ1n) is 7.94. The lowest BCUT2D eigenvalue weighted by Crippen LogP contribution is -2.37. The number of amides is 1. The summed E-state index contributed by atoms with van der Waals surface area (Å²) in [6.07, 6.45) is 2.59. The van der Waals surface area contributed by atoms with Crippen molar-refractivity contribution in [2.24, 2.45) is 22.1 Å². The molecule has 1 amide bonds. The molecule has 0 spiro atoms. The quantitative estimate of drug-likeness (QED) is 0.281. The average molecular weight is 421 g/mol. The van der Waals surface area contributed by atoms with Gasteiger partial charge in [0.05, 0.1) is 30.1 Å². The van der Waals surface area contributed by atoms with Gasteiger partial charge in [-0.25, -0.2) is 10.3 Å². The molecule has 0 fully saturated rings. The van der Waals surface area contributed by atoms with Crippen LogP contribution in [0.15, 0.2) is 63.8 Å². The predicted octanol–water partition coefficient (Wildman–Crippen LogP) is 1.57. The number of nitrogens with two attached hydrogens (primary N) is 2. The first-order valence-corrected chi connectivity index (χ1v) is 9.38. The molecular weight excluding hydrogens is 402 g/mol. The van der Waals surface area contributed by atoms with Crippen molar-refractivity contribution >= 4 is 27.7 Å². The highest BCUT2D eigenvalue weighted by Crippen LogP contribution is 2.31. The molecule has 4 N–H and O–H groups in total. The van der Waals surface area contributed by atoms with Gasteiger partial charge in [0.25, 0.3) is 15.9 Å². The molecular formula is C17H19N5O6S. The van der Waals surface area contributed by atoms with Crippen molar-refractivity contribution in [2.75, 3.05) is 18.6 Å². The predicted molar refractivity (Wildman–Crippen MR) is 104 cm³/mol. The Balaban J connectivity index is 2.23. The van der Waals surface area contributed by atoms with Crippen molar-refractivity contribution in [3.05, 3.63) is 54.1 Å². The molecule has 12 heteroatoms. The number of rotatable bonds is 8. The standard InChI is InChI=1S/C17H19N5O6S/c1-26-15-9-8-14(11-16(15)27-2)29(24,25)22(18)13-6-3-12(4-7-13)5-10-17(23)20-21-28-19/h3-11H,18-19H2,1-2H3/b10-5+,21-20?. The smallest absolute Gasteiger partial charge is 0.291 e. The van der Waals surface area contributed by atoms with Crippen LogP contribution in [-0.4, -0.2) is 28.5 Å². The van der Waals surface area contributed by atoms with Crippen LogP contribution >= 0.6 is 0 Å². The van der Waals surface area contributed by atoms with Crippen LogP contribution in [0, 0.1) is 0 Å². The summed E-state index contributed by atoms with van der Waals surface area (Å²) in [5, 5.41) is 6.02. The second-order valence-corrected chi connectivity index (χ2v) is 7.18. The monoisotopic (exact) mass is 421 g/mol. The number of hydrazine groups is 1. The summed E-state index contributed by atoms with van der Waals surface area (Å²) in [7, 11) is -1.21. The van der Waals surface area contributed by atoms with Crippen LogP contribution in [0.3, 0.4) is 0 Å². The Kier molecular flexibility index (Phi) is 7.25. The summed E-state index contributed by atoms with van der Waals surface area (Å²) in [6, 6.07) is 10.2. The zero-order valence-electron chi connectivity index (χ0n) is 15.6. The molecule has 0 heterocycles. The minimum Gasteiger partial charge on any atom is -0.493 e. The Morgan fingerprint density at radius 2 is 1.72 bits per heavy atom. The maximum atomic E-state index is 12.8. The van der Waals surface area contributed by atoms with E-state index in [2.05, 4.69) is 21.2 Å². The number of carbonyl (C=O) groups excluding carboxylic acids is 1. The Labute approximate surface area is 167 Å². The third-order valence-corrected chi connectivity index (χ3v) is 5.24. The van der Waals surface area contributed by atoms with Crippen molar-refractivity contribution in [2.45, 2.75) is 4.90 Å². The summed E-state index contributed by atoms with van der Waals surface area (Å²) >= 11 is 0. The number of carbonyl (C=O) groups is 1. The lowest BCUT2D eigenvalue weighted by Gasteiger charge is -2.19. The van der Waals surface area contributed by atoms with Gasteiger partial charge in [-0.15, -0.1) is 5.90 Å². The molecule has 0 aliphatic carbocycles. The van der Waals surface area contributed by atoms with Crippen molar-refractivity contribution in [3.63, 3.8) is 0 Å². The van der Waals surface area contributed by atoms with Gasteiger partial charge in [0.15, 0.2) is 11.5 Å². The zero-order chi connectivity index (χ0) is 21.4. The van der Waals surface area contributed by atoms with Gasteiger partial charge in [-0.1, -0.05) is 17.2 Å². The molecule has 0 aliphatic heterocycles. The fraction of sp³-hybridized carbons (Fsp3) is 0.118. The van der Waals surface area contributed by atoms with Crippen LogP contribution in [0.2, 0.25) is 0 Å². The maximum Gasteiger partial charge on any atom is 0.291 e. The first kappa shape index (κ1) is 21.8. The van der Waals surface area contributed by atoms with Gasteiger partial charge < -0.3 is 9.47 Å². The molecule has 0 bridgehead atoms. The number of ether oxygens (including phenoxy) is 2. The van der Waals surface area contributed by atoms with E-state index in [1.807, 2.05) is 0 Å². The number of sulfonamides is 1. The van der Waals surface area contributed by atoms with E-state index >= 15 is 0 Å². The van der Waals surface area contributed by atoms with E-state index in [4.69, 9.17) is 15.3 Å². The highest BCUT2D eigenvalue weighted by atomic mass is 32.2. The maximum absolute atomic E-state index is 12.8. The molecule has 0 saturated heterocycles. The molecule has 2 aromatic rings. The van der Waals surface area contributed by atoms with Crippen LogP contribution in [-0.2, 0) is 19.8 Å². The molecule has 0 aliphatic rings. The van der Waals surface area contributed by atoms with Crippen molar-refractivity contribution in [1.29, 1.82) is 0 Å². The van der Waals surface area contributed by atoms with Gasteiger partial charge >= 0.3 is 0 Å². The van der Waals surface area contributed by atoms with E-state index in [0.717, 1.165) is 6.08 Å². The SMILES string of the molecule is COc1ccc(S(=O)(=O)N(N)c2ccc(/C=C/C(=O)N=NON)cc2)cc1OC. The number of hydrogen-bond acceptors (Lipinski definition) is 9. The Hall–Kier alpha value is -3.48. The van der Waals surface area contributed by atoms with Gasteiger partial charge in [-0.05, 0) is 35.9 Å². The van der Waals surface area contributed by atoms with Crippen LogP contribution in [0.1, 0.15) is 5.56 Å². The summed E-state index contributed by atoms with van der Waals surface area (Å²) in [4.78, 5) is 15.1. The number of benzene rings is 2. The van der Waals surface area contributed by atoms with Crippen LogP contribution in [0.25, 0.3) is 6.08 Å². The first-order chi connectivity index (χ1) is 13.8. The minimum atomic E-state index is -4.05. The third kappa shape index (κ3) is 5.28. The molecule has 0 atom stereocenters. The minimum absolute atomic E-state index is 0.0697. The number of methoxy groups -OCH3 is 2. The second kappa shape index (κ2) is 9.64. The Bertz CT molecular complexity index is 1020. The fourth-order valence-corrected chi connectivity index (χ4v) is 3.35. The second-order valence-electron chi connectivity index (χ2n) is 5.37. The van der Waals surface area contributed by atoms with E-state index in [0.29, 0.717) is 15.7 Å². The molecule has 11 nitrogen and oxygen atoms in total. The Morgan fingerprint density at radius 1 is 1.07 bits per heavy atom. The summed E-state index contributed by atoms with van der Waals surface area (Å²) in [5.74, 6) is 10.4. The molecule has 2 rings (SSSR count). The van der Waals surface area contributed by atoms with Gasteiger partial charge in [0.1, 0.15) is 0 Å². The number of hydrogen-bond donors (Lipinski definition) is 2. The van der Waals surface area contributed by atoms with Crippen molar-refractivity contribution < 1.29 is 27.6 Å². The largest absolute Gasteiger partial charge is 0.493 e. The average Bonchev–Trinajstić information content (AvgIpc) is 2.75. The van der Waals surface area contributed by atoms with E-state index in [9.17, 15) is 13.2 Å².